The van der Waals surface area contributed by atoms with Gasteiger partial charge in [0.25, 0.3) is 5.91 Å². The Hall–Kier alpha value is -2.96. The van der Waals surface area contributed by atoms with Crippen LogP contribution in [0.15, 0.2) is 24.3 Å². The lowest BCUT2D eigenvalue weighted by Crippen LogP contribution is -2.39. The highest BCUT2D eigenvalue weighted by molar-refractivity contribution is 7.89. The van der Waals surface area contributed by atoms with E-state index in [4.69, 9.17) is 9.47 Å². The minimum Gasteiger partial charge on any atom is -0.454 e. The minimum absolute atomic E-state index is 0.186. The fourth-order valence-corrected chi connectivity index (χ4v) is 5.90. The van der Waals surface area contributed by atoms with Crippen molar-refractivity contribution in [3.63, 3.8) is 0 Å². The molecule has 12 heteroatoms. The summed E-state index contributed by atoms with van der Waals surface area (Å²) in [5, 5.41) is 9.71. The first-order valence-electron chi connectivity index (χ1n) is 10.1. The zero-order valence-electron chi connectivity index (χ0n) is 17.4. The number of nitrogens with zero attached hydrogens (tertiary/aromatic N) is 3. The van der Waals surface area contributed by atoms with Crippen LogP contribution in [0.2, 0.25) is 0 Å². The summed E-state index contributed by atoms with van der Waals surface area (Å²) in [6.45, 7) is 4.20. The molecule has 0 radical (unpaired) electrons. The van der Waals surface area contributed by atoms with E-state index in [1.165, 1.54) is 15.6 Å². The molecule has 10 nitrogen and oxygen atoms in total. The van der Waals surface area contributed by atoms with E-state index >= 15 is 0 Å². The number of aromatic amines is 1. The average molecular weight is 476 g/mol. The van der Waals surface area contributed by atoms with Gasteiger partial charge in [-0.05, 0) is 38.1 Å². The van der Waals surface area contributed by atoms with Crippen LogP contribution in [0.25, 0.3) is 11.3 Å². The molecule has 1 aromatic carbocycles. The summed E-state index contributed by atoms with van der Waals surface area (Å²) in [7, 11) is -3.33. The maximum atomic E-state index is 12.7. The lowest BCUT2D eigenvalue weighted by Gasteiger charge is -2.26. The van der Waals surface area contributed by atoms with Gasteiger partial charge in [-0.3, -0.25) is 15.2 Å². The molecular weight excluding hydrogens is 454 g/mol. The summed E-state index contributed by atoms with van der Waals surface area (Å²) in [4.78, 5) is 18.0. The molecule has 4 heterocycles. The van der Waals surface area contributed by atoms with Gasteiger partial charge in [0.2, 0.25) is 16.8 Å². The second-order valence-electron chi connectivity index (χ2n) is 7.76. The Bertz CT molecular complexity index is 1300. The van der Waals surface area contributed by atoms with Crippen molar-refractivity contribution >= 4 is 32.4 Å². The Kier molecular flexibility index (Phi) is 5.14. The number of thiazole rings is 1. The van der Waals surface area contributed by atoms with Crippen LogP contribution in [0, 0.1) is 0 Å². The number of aromatic nitrogens is 3. The summed E-state index contributed by atoms with van der Waals surface area (Å²) in [5.74, 6) is 0.940. The normalized spacial score (nSPS) is 15.7. The Morgan fingerprint density at radius 1 is 1.25 bits per heavy atom. The Morgan fingerprint density at radius 2 is 2.06 bits per heavy atom. The van der Waals surface area contributed by atoms with Crippen LogP contribution in [-0.4, -0.2) is 52.4 Å². The topological polar surface area (TPSA) is 127 Å². The first-order chi connectivity index (χ1) is 15.3. The third kappa shape index (κ3) is 3.74. The number of sulfonamides is 1. The third-order valence-electron chi connectivity index (χ3n) is 5.36. The fourth-order valence-electron chi connectivity index (χ4n) is 3.55. The van der Waals surface area contributed by atoms with Gasteiger partial charge in [-0.1, -0.05) is 0 Å². The molecule has 0 atom stereocenters. The molecule has 2 N–H and O–H groups in total. The van der Waals surface area contributed by atoms with Crippen molar-refractivity contribution in [3.05, 3.63) is 40.5 Å². The number of amides is 1. The number of benzene rings is 1. The molecule has 1 amide bonds. The summed E-state index contributed by atoms with van der Waals surface area (Å²) < 4.78 is 37.1. The number of carbonyl (C=O) groups excluding carboxylic acids is 1. The van der Waals surface area contributed by atoms with Gasteiger partial charge in [0.05, 0.1) is 16.6 Å². The highest BCUT2D eigenvalue weighted by atomic mass is 32.2. The largest absolute Gasteiger partial charge is 0.454 e. The number of ether oxygens (including phenoxy) is 2. The van der Waals surface area contributed by atoms with Gasteiger partial charge in [-0.25, -0.2) is 13.4 Å². The van der Waals surface area contributed by atoms with Crippen molar-refractivity contribution in [1.82, 2.24) is 19.5 Å². The zero-order valence-corrected chi connectivity index (χ0v) is 19.0. The first kappa shape index (κ1) is 20.9. The van der Waals surface area contributed by atoms with E-state index in [9.17, 15) is 13.2 Å². The molecule has 0 unspecified atom stereocenters. The summed E-state index contributed by atoms with van der Waals surface area (Å²) in [6.07, 6.45) is 0.520. The van der Waals surface area contributed by atoms with Gasteiger partial charge >= 0.3 is 0 Å². The molecule has 2 aliphatic heterocycles. The predicted octanol–water partition coefficient (Wildman–Crippen LogP) is 2.61. The number of carbonyl (C=O) groups is 1. The number of anilines is 1. The number of nitrogens with one attached hydrogen (secondary N) is 2. The second kappa shape index (κ2) is 7.87. The molecule has 168 valence electrons. The van der Waals surface area contributed by atoms with E-state index in [-0.39, 0.29) is 24.9 Å². The SMILES string of the molecule is CC(C)S(=O)(=O)N1CCc2nc(NC(=O)c3cc(-c4ccc5c(c4)OCO5)n[nH]3)sc2C1. The number of rotatable bonds is 5. The second-order valence-corrected chi connectivity index (χ2v) is 11.3. The number of hydrogen-bond donors (Lipinski definition) is 2. The van der Waals surface area contributed by atoms with Crippen LogP contribution in [0.4, 0.5) is 5.13 Å². The van der Waals surface area contributed by atoms with Gasteiger partial charge in [-0.15, -0.1) is 11.3 Å². The van der Waals surface area contributed by atoms with Gasteiger partial charge in [0, 0.05) is 30.0 Å². The fraction of sp³-hybridized carbons (Fsp3) is 0.350. The minimum atomic E-state index is -3.33. The molecule has 2 aliphatic rings. The Balaban J connectivity index is 1.29. The molecule has 5 rings (SSSR count). The van der Waals surface area contributed by atoms with Gasteiger partial charge in [0.15, 0.2) is 16.6 Å². The van der Waals surface area contributed by atoms with E-state index in [1.807, 2.05) is 12.1 Å². The molecule has 3 aromatic rings. The van der Waals surface area contributed by atoms with Crippen molar-refractivity contribution in [1.29, 1.82) is 0 Å². The number of fused-ring (bicyclic) bond motifs is 2. The monoisotopic (exact) mass is 475 g/mol. The number of hydrogen-bond acceptors (Lipinski definition) is 8. The van der Waals surface area contributed by atoms with Crippen LogP contribution < -0.4 is 14.8 Å². The lowest BCUT2D eigenvalue weighted by molar-refractivity contribution is 0.102. The average Bonchev–Trinajstić information content (AvgIpc) is 3.50. The number of H-pyrrole nitrogens is 1. The molecule has 0 saturated carbocycles. The van der Waals surface area contributed by atoms with Gasteiger partial charge < -0.3 is 9.47 Å². The summed E-state index contributed by atoms with van der Waals surface area (Å²) in [6, 6.07) is 7.11. The van der Waals surface area contributed by atoms with E-state index < -0.39 is 15.3 Å². The highest BCUT2D eigenvalue weighted by Crippen LogP contribution is 2.35. The van der Waals surface area contributed by atoms with Crippen molar-refractivity contribution in [2.24, 2.45) is 0 Å². The van der Waals surface area contributed by atoms with Crippen molar-refractivity contribution in [2.45, 2.75) is 32.1 Å². The maximum absolute atomic E-state index is 12.7. The summed E-state index contributed by atoms with van der Waals surface area (Å²) in [5.41, 5.74) is 2.50. The molecule has 0 fully saturated rings. The Labute approximate surface area is 188 Å². The molecule has 0 aliphatic carbocycles. The quantitative estimate of drug-likeness (QED) is 0.581. The van der Waals surface area contributed by atoms with Crippen molar-refractivity contribution < 1.29 is 22.7 Å². The Morgan fingerprint density at radius 3 is 2.88 bits per heavy atom. The van der Waals surface area contributed by atoms with E-state index in [0.717, 1.165) is 16.1 Å². The van der Waals surface area contributed by atoms with E-state index in [1.54, 1.807) is 26.0 Å². The molecular formula is C20H21N5O5S2. The van der Waals surface area contributed by atoms with E-state index in [2.05, 4.69) is 20.5 Å². The van der Waals surface area contributed by atoms with Crippen LogP contribution in [-0.2, 0) is 23.0 Å². The zero-order chi connectivity index (χ0) is 22.5. The summed E-state index contributed by atoms with van der Waals surface area (Å²) >= 11 is 1.29. The third-order valence-corrected chi connectivity index (χ3v) is 8.58. The van der Waals surface area contributed by atoms with Gasteiger partial charge in [0.1, 0.15) is 5.69 Å². The maximum Gasteiger partial charge on any atom is 0.275 e. The first-order valence-corrected chi connectivity index (χ1v) is 12.4. The van der Waals surface area contributed by atoms with Gasteiger partial charge in [-0.2, -0.15) is 9.40 Å². The lowest BCUT2D eigenvalue weighted by atomic mass is 10.1. The standard InChI is InChI=1S/C20H21N5O5S2/c1-11(2)32(27,28)25-6-5-13-18(9-25)31-20(21-13)22-19(26)15-8-14(23-24-15)12-3-4-16-17(7-12)30-10-29-16/h3-4,7-8,11H,5-6,9-10H2,1-2H3,(H,23,24)(H,21,22,26). The highest BCUT2D eigenvalue weighted by Gasteiger charge is 2.31. The predicted molar refractivity (Wildman–Crippen MR) is 118 cm³/mol. The molecule has 0 saturated heterocycles. The van der Waals surface area contributed by atoms with Crippen molar-refractivity contribution in [3.8, 4) is 22.8 Å². The van der Waals surface area contributed by atoms with E-state index in [0.29, 0.717) is 35.3 Å². The molecule has 0 spiro atoms. The van der Waals surface area contributed by atoms with Crippen molar-refractivity contribution in [2.75, 3.05) is 18.7 Å². The van der Waals surface area contributed by atoms with Crippen LogP contribution in [0.5, 0.6) is 11.5 Å². The van der Waals surface area contributed by atoms with Crippen LogP contribution in [0.3, 0.4) is 0 Å². The molecule has 0 bridgehead atoms. The molecule has 32 heavy (non-hydrogen) atoms. The van der Waals surface area contributed by atoms with Crippen LogP contribution in [0.1, 0.15) is 34.9 Å². The van der Waals surface area contributed by atoms with Crippen LogP contribution >= 0.6 is 11.3 Å². The smallest absolute Gasteiger partial charge is 0.275 e. The molecule has 2 aromatic heterocycles.